The summed E-state index contributed by atoms with van der Waals surface area (Å²) in [5.74, 6) is -0.568. The van der Waals surface area contributed by atoms with Crippen molar-refractivity contribution in [2.45, 2.75) is 19.4 Å². The van der Waals surface area contributed by atoms with Crippen molar-refractivity contribution < 1.29 is 13.2 Å². The monoisotopic (exact) mass is 214 g/mol. The van der Waals surface area contributed by atoms with Gasteiger partial charge in [-0.2, -0.15) is 5.26 Å². The van der Waals surface area contributed by atoms with E-state index in [1.807, 2.05) is 0 Å². The first-order valence-electron chi connectivity index (χ1n) is 4.29. The molecule has 0 spiro atoms. The van der Waals surface area contributed by atoms with E-state index in [2.05, 4.69) is 5.32 Å². The van der Waals surface area contributed by atoms with E-state index in [1.165, 1.54) is 13.0 Å². The number of hydrogen-bond acceptors (Lipinski definition) is 2. The second kappa shape index (κ2) is 4.69. The van der Waals surface area contributed by atoms with E-state index in [1.54, 1.807) is 6.07 Å². The molecule has 0 amide bonds. The van der Waals surface area contributed by atoms with Crippen LogP contribution in [0.1, 0.15) is 12.5 Å². The molecule has 5 heteroatoms. The number of nitrogens with zero attached hydrogens (tertiary/aromatic N) is 1. The van der Waals surface area contributed by atoms with Gasteiger partial charge in [0.1, 0.15) is 11.9 Å². The van der Waals surface area contributed by atoms with Gasteiger partial charge < -0.3 is 5.32 Å². The highest BCUT2D eigenvalue weighted by molar-refractivity contribution is 5.57. The summed E-state index contributed by atoms with van der Waals surface area (Å²) in [4.78, 5) is 0. The number of hydrogen-bond donors (Lipinski definition) is 1. The Morgan fingerprint density at radius 2 is 2.07 bits per heavy atom. The highest BCUT2D eigenvalue weighted by Gasteiger charge is 2.15. The lowest BCUT2D eigenvalue weighted by Crippen LogP contribution is -2.24. The molecule has 2 nitrogen and oxygen atoms in total. The van der Waals surface area contributed by atoms with Crippen molar-refractivity contribution in [2.75, 3.05) is 5.32 Å². The number of anilines is 1. The molecule has 80 valence electrons. The molecule has 0 bridgehead atoms. The topological polar surface area (TPSA) is 35.8 Å². The Labute approximate surface area is 85.3 Å². The van der Waals surface area contributed by atoms with E-state index < -0.39 is 18.3 Å². The SMILES string of the molecule is CC(Nc1ccc(F)cc1C#N)C(F)F. The molecule has 1 atom stereocenters. The lowest BCUT2D eigenvalue weighted by Gasteiger charge is -2.14. The van der Waals surface area contributed by atoms with Crippen molar-refractivity contribution in [3.63, 3.8) is 0 Å². The Balaban J connectivity index is 2.91. The van der Waals surface area contributed by atoms with Gasteiger partial charge in [0.15, 0.2) is 0 Å². The minimum Gasteiger partial charge on any atom is -0.376 e. The largest absolute Gasteiger partial charge is 0.376 e. The molecule has 0 fully saturated rings. The molecule has 15 heavy (non-hydrogen) atoms. The van der Waals surface area contributed by atoms with Gasteiger partial charge in [0.25, 0.3) is 6.43 Å². The Morgan fingerprint density at radius 1 is 1.40 bits per heavy atom. The Kier molecular flexibility index (Phi) is 3.56. The molecule has 0 aromatic heterocycles. The summed E-state index contributed by atoms with van der Waals surface area (Å²) in [5, 5.41) is 11.1. The third kappa shape index (κ3) is 2.88. The fourth-order valence-electron chi connectivity index (χ4n) is 1.04. The van der Waals surface area contributed by atoms with Gasteiger partial charge in [0.05, 0.1) is 17.3 Å². The number of nitrogens with one attached hydrogen (secondary N) is 1. The van der Waals surface area contributed by atoms with Gasteiger partial charge >= 0.3 is 0 Å². The Bertz CT molecular complexity index is 385. The fraction of sp³-hybridized carbons (Fsp3) is 0.300. The Hall–Kier alpha value is -1.70. The van der Waals surface area contributed by atoms with Crippen molar-refractivity contribution in [2.24, 2.45) is 0 Å². The molecule has 1 aromatic rings. The summed E-state index contributed by atoms with van der Waals surface area (Å²) in [6.45, 7) is 1.29. The van der Waals surface area contributed by atoms with Crippen LogP contribution in [0.15, 0.2) is 18.2 Å². The van der Waals surface area contributed by atoms with Crippen LogP contribution in [0.5, 0.6) is 0 Å². The molecule has 0 heterocycles. The van der Waals surface area contributed by atoms with Crippen LogP contribution >= 0.6 is 0 Å². The van der Waals surface area contributed by atoms with Gasteiger partial charge in [0, 0.05) is 0 Å². The molecule has 0 radical (unpaired) electrons. The van der Waals surface area contributed by atoms with Gasteiger partial charge in [-0.3, -0.25) is 0 Å². The maximum absolute atomic E-state index is 12.7. The smallest absolute Gasteiger partial charge is 0.258 e. The molecule has 0 aliphatic rings. The average Bonchev–Trinajstić information content (AvgIpc) is 2.20. The Morgan fingerprint density at radius 3 is 2.60 bits per heavy atom. The summed E-state index contributed by atoms with van der Waals surface area (Å²) in [6, 6.07) is 4.04. The van der Waals surface area contributed by atoms with E-state index in [0.29, 0.717) is 0 Å². The molecular weight excluding hydrogens is 205 g/mol. The molecule has 0 saturated carbocycles. The zero-order valence-electron chi connectivity index (χ0n) is 7.97. The lowest BCUT2D eigenvalue weighted by molar-refractivity contribution is 0.130. The van der Waals surface area contributed by atoms with Crippen molar-refractivity contribution in [3.05, 3.63) is 29.6 Å². The van der Waals surface area contributed by atoms with Gasteiger partial charge in [-0.1, -0.05) is 0 Å². The van der Waals surface area contributed by atoms with Crippen LogP contribution in [-0.2, 0) is 0 Å². The third-order valence-electron chi connectivity index (χ3n) is 1.86. The number of alkyl halides is 2. The van der Waals surface area contributed by atoms with Crippen LogP contribution in [0.4, 0.5) is 18.9 Å². The number of rotatable bonds is 3. The van der Waals surface area contributed by atoms with Crippen LogP contribution in [-0.4, -0.2) is 12.5 Å². The van der Waals surface area contributed by atoms with Crippen molar-refractivity contribution >= 4 is 5.69 Å². The van der Waals surface area contributed by atoms with E-state index >= 15 is 0 Å². The van der Waals surface area contributed by atoms with Crippen LogP contribution in [0.2, 0.25) is 0 Å². The molecule has 1 rings (SSSR count). The third-order valence-corrected chi connectivity index (χ3v) is 1.86. The average molecular weight is 214 g/mol. The van der Waals surface area contributed by atoms with E-state index in [9.17, 15) is 13.2 Å². The first-order valence-corrected chi connectivity index (χ1v) is 4.29. The minimum absolute atomic E-state index is 0.0162. The summed E-state index contributed by atoms with van der Waals surface area (Å²) in [7, 11) is 0. The molecule has 0 aliphatic carbocycles. The zero-order valence-corrected chi connectivity index (χ0v) is 7.97. The molecule has 1 N–H and O–H groups in total. The number of benzene rings is 1. The number of nitriles is 1. The van der Waals surface area contributed by atoms with Crippen molar-refractivity contribution in [1.82, 2.24) is 0 Å². The minimum atomic E-state index is -2.54. The van der Waals surface area contributed by atoms with Gasteiger partial charge in [0.2, 0.25) is 0 Å². The zero-order chi connectivity index (χ0) is 11.4. The maximum atomic E-state index is 12.7. The molecule has 0 saturated heterocycles. The van der Waals surface area contributed by atoms with Crippen molar-refractivity contribution in [1.29, 1.82) is 5.26 Å². The van der Waals surface area contributed by atoms with Crippen LogP contribution in [0, 0.1) is 17.1 Å². The normalized spacial score (nSPS) is 12.3. The summed E-state index contributed by atoms with van der Waals surface area (Å²) in [5.41, 5.74) is 0.231. The van der Waals surface area contributed by atoms with Crippen LogP contribution < -0.4 is 5.32 Å². The van der Waals surface area contributed by atoms with Gasteiger partial charge in [-0.05, 0) is 25.1 Å². The summed E-state index contributed by atoms with van der Waals surface area (Å²) in [6.07, 6.45) is -2.54. The lowest BCUT2D eigenvalue weighted by atomic mass is 10.1. The molecule has 0 aliphatic heterocycles. The van der Waals surface area contributed by atoms with Gasteiger partial charge in [-0.25, -0.2) is 13.2 Å². The van der Waals surface area contributed by atoms with E-state index in [-0.39, 0.29) is 11.3 Å². The standard InChI is InChI=1S/C10H9F3N2/c1-6(10(12)13)15-9-3-2-8(11)4-7(9)5-14/h2-4,6,10,15H,1H3. The van der Waals surface area contributed by atoms with E-state index in [0.717, 1.165) is 12.1 Å². The fourth-order valence-corrected chi connectivity index (χ4v) is 1.04. The van der Waals surface area contributed by atoms with Crippen molar-refractivity contribution in [3.8, 4) is 6.07 Å². The molecule has 1 aromatic carbocycles. The summed E-state index contributed by atoms with van der Waals surface area (Å²) >= 11 is 0. The van der Waals surface area contributed by atoms with Gasteiger partial charge in [-0.15, -0.1) is 0 Å². The highest BCUT2D eigenvalue weighted by Crippen LogP contribution is 2.18. The molecular formula is C10H9F3N2. The quantitative estimate of drug-likeness (QED) is 0.839. The van der Waals surface area contributed by atoms with Crippen LogP contribution in [0.3, 0.4) is 0 Å². The van der Waals surface area contributed by atoms with E-state index in [4.69, 9.17) is 5.26 Å². The van der Waals surface area contributed by atoms with Crippen LogP contribution in [0.25, 0.3) is 0 Å². The second-order valence-electron chi connectivity index (χ2n) is 3.07. The number of halogens is 3. The first kappa shape index (κ1) is 11.4. The summed E-state index contributed by atoms with van der Waals surface area (Å²) < 4.78 is 37.1. The highest BCUT2D eigenvalue weighted by atomic mass is 19.3. The maximum Gasteiger partial charge on any atom is 0.258 e. The molecule has 1 unspecified atom stereocenters. The predicted octanol–water partition coefficient (Wildman–Crippen LogP) is 2.76. The second-order valence-corrected chi connectivity index (χ2v) is 3.07. The first-order chi connectivity index (χ1) is 7.04. The predicted molar refractivity (Wildman–Crippen MR) is 50.2 cm³/mol.